The van der Waals surface area contributed by atoms with Gasteiger partial charge in [-0.1, -0.05) is 30.3 Å². The van der Waals surface area contributed by atoms with Crippen molar-refractivity contribution in [1.82, 2.24) is 20.6 Å². The number of piperidine rings is 1. The van der Waals surface area contributed by atoms with Gasteiger partial charge in [0.25, 0.3) is 0 Å². The fourth-order valence-corrected chi connectivity index (χ4v) is 4.11. The van der Waals surface area contributed by atoms with Crippen LogP contribution in [0.15, 0.2) is 48.8 Å². The second-order valence-electron chi connectivity index (χ2n) is 6.73. The van der Waals surface area contributed by atoms with E-state index < -0.39 is 6.09 Å². The van der Waals surface area contributed by atoms with Crippen LogP contribution in [0.1, 0.15) is 17.8 Å². The lowest BCUT2D eigenvalue weighted by Gasteiger charge is -2.17. The molecule has 0 radical (unpaired) electrons. The van der Waals surface area contributed by atoms with Crippen molar-refractivity contribution < 1.29 is 9.53 Å². The highest BCUT2D eigenvalue weighted by Gasteiger charge is 2.67. The fourth-order valence-electron chi connectivity index (χ4n) is 4.11. The first kappa shape index (κ1) is 18.6. The lowest BCUT2D eigenvalue weighted by atomic mass is 10.00. The quantitative estimate of drug-likeness (QED) is 0.839. The summed E-state index contributed by atoms with van der Waals surface area (Å²) in [5, 5.41) is 6.38. The fraction of sp³-hybridized carbons (Fsp3) is 0.421. The molecule has 2 aliphatic rings. The number of halogens is 1. The number of hydrogen-bond acceptors (Lipinski definition) is 5. The second kappa shape index (κ2) is 8.01. The van der Waals surface area contributed by atoms with Gasteiger partial charge in [-0.3, -0.25) is 0 Å². The molecule has 0 bridgehead atoms. The first-order chi connectivity index (χ1) is 12.3. The van der Waals surface area contributed by atoms with Gasteiger partial charge in [-0.25, -0.2) is 14.8 Å². The molecule has 1 aliphatic carbocycles. The van der Waals surface area contributed by atoms with Crippen molar-refractivity contribution >= 4 is 18.5 Å². The van der Waals surface area contributed by atoms with Crippen LogP contribution >= 0.6 is 12.4 Å². The second-order valence-corrected chi connectivity index (χ2v) is 6.73. The molecule has 7 heteroatoms. The van der Waals surface area contributed by atoms with Gasteiger partial charge >= 0.3 is 6.09 Å². The average Bonchev–Trinajstić information content (AvgIpc) is 3.35. The first-order valence-electron chi connectivity index (χ1n) is 8.73. The summed E-state index contributed by atoms with van der Waals surface area (Å²) in [6.45, 7) is 2.75. The van der Waals surface area contributed by atoms with Crippen LogP contribution in [0.5, 0.6) is 0 Å². The number of aromatic nitrogens is 2. The molecule has 26 heavy (non-hydrogen) atoms. The van der Waals surface area contributed by atoms with Gasteiger partial charge < -0.3 is 15.4 Å². The van der Waals surface area contributed by atoms with E-state index in [1.807, 2.05) is 36.4 Å². The summed E-state index contributed by atoms with van der Waals surface area (Å²) < 4.78 is 5.33. The predicted molar refractivity (Wildman–Crippen MR) is 100 cm³/mol. The zero-order valence-corrected chi connectivity index (χ0v) is 15.2. The third-order valence-electron chi connectivity index (χ3n) is 5.42. The van der Waals surface area contributed by atoms with Crippen molar-refractivity contribution in [3.63, 3.8) is 0 Å². The molecule has 1 aromatic heterocycles. The topological polar surface area (TPSA) is 76.1 Å². The van der Waals surface area contributed by atoms with E-state index in [9.17, 15) is 4.79 Å². The molecular formula is C19H23ClN4O2. The summed E-state index contributed by atoms with van der Waals surface area (Å²) in [5.41, 5.74) is 0.805. The van der Waals surface area contributed by atoms with Gasteiger partial charge in [0, 0.05) is 18.9 Å². The molecule has 1 aliphatic heterocycles. The van der Waals surface area contributed by atoms with E-state index >= 15 is 0 Å². The van der Waals surface area contributed by atoms with Crippen molar-refractivity contribution in [2.75, 3.05) is 19.6 Å². The Morgan fingerprint density at radius 2 is 1.96 bits per heavy atom. The summed E-state index contributed by atoms with van der Waals surface area (Å²) in [6.07, 6.45) is 4.24. The highest BCUT2D eigenvalue weighted by atomic mass is 35.5. The molecule has 3 unspecified atom stereocenters. The third kappa shape index (κ3) is 3.52. The Labute approximate surface area is 159 Å². The molecule has 1 saturated carbocycles. The predicted octanol–water partition coefficient (Wildman–Crippen LogP) is 2.30. The number of nitrogens with zero attached hydrogens (tertiary/aromatic N) is 2. The van der Waals surface area contributed by atoms with E-state index in [1.54, 1.807) is 12.4 Å². The number of nitrogens with one attached hydrogen (secondary N) is 2. The third-order valence-corrected chi connectivity index (χ3v) is 5.42. The number of carbonyl (C=O) groups excluding carboxylic acids is 1. The summed E-state index contributed by atoms with van der Waals surface area (Å²) in [5.74, 6) is 1.82. The van der Waals surface area contributed by atoms with E-state index in [1.165, 1.54) is 0 Å². The lowest BCUT2D eigenvalue weighted by Crippen LogP contribution is -2.36. The van der Waals surface area contributed by atoms with Crippen molar-refractivity contribution in [2.45, 2.75) is 18.4 Å². The minimum atomic E-state index is -0.393. The molecule has 1 saturated heterocycles. The maximum Gasteiger partial charge on any atom is 0.407 e. The maximum absolute atomic E-state index is 12.1. The molecule has 4 rings (SSSR count). The minimum Gasteiger partial charge on any atom is -0.445 e. The van der Waals surface area contributed by atoms with Crippen LogP contribution in [0.25, 0.3) is 0 Å². The Morgan fingerprint density at radius 1 is 1.19 bits per heavy atom. The molecule has 0 spiro atoms. The van der Waals surface area contributed by atoms with Crippen molar-refractivity contribution in [3.05, 3.63) is 60.2 Å². The largest absolute Gasteiger partial charge is 0.445 e. The molecule has 1 amide bonds. The molecular weight excluding hydrogens is 352 g/mol. The number of alkyl carbamates (subject to hydrolysis) is 1. The number of hydrogen-bond donors (Lipinski definition) is 2. The Hall–Kier alpha value is -2.18. The zero-order chi connectivity index (χ0) is 17.1. The van der Waals surface area contributed by atoms with Crippen LogP contribution in [0.2, 0.25) is 0 Å². The molecule has 138 valence electrons. The van der Waals surface area contributed by atoms with Crippen LogP contribution < -0.4 is 10.6 Å². The highest BCUT2D eigenvalue weighted by molar-refractivity contribution is 5.85. The maximum atomic E-state index is 12.1. The summed E-state index contributed by atoms with van der Waals surface area (Å²) in [6, 6.07) is 11.5. The number of ether oxygens (including phenoxy) is 1. The summed E-state index contributed by atoms with van der Waals surface area (Å²) >= 11 is 0. The number of carbonyl (C=O) groups is 1. The number of fused-ring (bicyclic) bond motifs is 1. The molecule has 2 heterocycles. The molecule has 3 atom stereocenters. The Morgan fingerprint density at radius 3 is 2.65 bits per heavy atom. The van der Waals surface area contributed by atoms with Gasteiger partial charge in [-0.2, -0.15) is 0 Å². The summed E-state index contributed by atoms with van der Waals surface area (Å²) in [4.78, 5) is 21.1. The van der Waals surface area contributed by atoms with Crippen LogP contribution in [-0.2, 0) is 16.8 Å². The van der Waals surface area contributed by atoms with Crippen molar-refractivity contribution in [2.24, 2.45) is 11.8 Å². The molecule has 1 aromatic carbocycles. The van der Waals surface area contributed by atoms with Crippen molar-refractivity contribution in [1.29, 1.82) is 0 Å². The standard InChI is InChI=1S/C19H22N4O2.ClH/c24-18(25-12-14-5-2-1-3-6-14)23-13-19(17-21-8-4-9-22-17)15-7-10-20-11-16(15)19;/h1-6,8-9,15-16,20H,7,10-13H2,(H,23,24);1H. The van der Waals surface area contributed by atoms with Gasteiger partial charge in [0.2, 0.25) is 0 Å². The molecule has 6 nitrogen and oxygen atoms in total. The van der Waals surface area contributed by atoms with E-state index in [0.29, 0.717) is 18.4 Å². The zero-order valence-electron chi connectivity index (χ0n) is 14.4. The normalized spacial score (nSPS) is 26.2. The highest BCUT2D eigenvalue weighted by Crippen LogP contribution is 2.61. The number of benzene rings is 1. The Bertz CT molecular complexity index is 717. The lowest BCUT2D eigenvalue weighted by molar-refractivity contribution is 0.138. The van der Waals surface area contributed by atoms with Gasteiger partial charge in [0.15, 0.2) is 0 Å². The monoisotopic (exact) mass is 374 g/mol. The summed E-state index contributed by atoms with van der Waals surface area (Å²) in [7, 11) is 0. The molecule has 2 fully saturated rings. The average molecular weight is 375 g/mol. The van der Waals surface area contributed by atoms with Crippen LogP contribution in [0.4, 0.5) is 4.79 Å². The van der Waals surface area contributed by atoms with Crippen LogP contribution in [0, 0.1) is 11.8 Å². The first-order valence-corrected chi connectivity index (χ1v) is 8.73. The Balaban J connectivity index is 0.00000196. The van der Waals surface area contributed by atoms with Gasteiger partial charge in [0.05, 0.1) is 5.41 Å². The van der Waals surface area contributed by atoms with E-state index in [4.69, 9.17) is 4.74 Å². The van der Waals surface area contributed by atoms with E-state index in [-0.39, 0.29) is 24.4 Å². The van der Waals surface area contributed by atoms with Crippen molar-refractivity contribution in [3.8, 4) is 0 Å². The molecule has 2 N–H and O–H groups in total. The van der Waals surface area contributed by atoms with Gasteiger partial charge in [0.1, 0.15) is 12.4 Å². The molecule has 2 aromatic rings. The van der Waals surface area contributed by atoms with Gasteiger partial charge in [-0.15, -0.1) is 12.4 Å². The number of amides is 1. The van der Waals surface area contributed by atoms with Crippen LogP contribution in [-0.4, -0.2) is 35.7 Å². The SMILES string of the molecule is Cl.O=C(NCC1(c2ncccn2)C2CCNCC21)OCc1ccccc1. The van der Waals surface area contributed by atoms with Crippen LogP contribution in [0.3, 0.4) is 0 Å². The smallest absolute Gasteiger partial charge is 0.407 e. The van der Waals surface area contributed by atoms with E-state index in [2.05, 4.69) is 20.6 Å². The van der Waals surface area contributed by atoms with Gasteiger partial charge in [-0.05, 0) is 43.0 Å². The minimum absolute atomic E-state index is 0. The Kier molecular flexibility index (Phi) is 5.74. The number of rotatable bonds is 5. The van der Waals surface area contributed by atoms with E-state index in [0.717, 1.165) is 30.9 Å².